The summed E-state index contributed by atoms with van der Waals surface area (Å²) in [6.45, 7) is 4.28. The summed E-state index contributed by atoms with van der Waals surface area (Å²) >= 11 is 6.05. The highest BCUT2D eigenvalue weighted by Crippen LogP contribution is 2.38. The number of carbonyl (C=O) groups is 2. The molecule has 0 radical (unpaired) electrons. The highest BCUT2D eigenvalue weighted by Gasteiger charge is 2.49. The summed E-state index contributed by atoms with van der Waals surface area (Å²) in [7, 11) is 0. The number of aliphatic hydroxyl groups is 1. The molecule has 2 amide bonds. The Morgan fingerprint density at radius 2 is 2.04 bits per heavy atom. The number of benzene rings is 1. The number of amides is 2. The molecule has 0 aliphatic carbocycles. The van der Waals surface area contributed by atoms with Crippen LogP contribution in [0.15, 0.2) is 24.3 Å². The van der Waals surface area contributed by atoms with Gasteiger partial charge >= 0.3 is 0 Å². The van der Waals surface area contributed by atoms with E-state index < -0.39 is 11.2 Å². The number of rotatable bonds is 4. The molecule has 2 saturated heterocycles. The summed E-state index contributed by atoms with van der Waals surface area (Å²) in [6, 6.07) is 6.68. The highest BCUT2D eigenvalue weighted by atomic mass is 35.5. The Bertz CT molecular complexity index is 731. The maximum atomic E-state index is 12.5. The Morgan fingerprint density at radius 1 is 1.36 bits per heavy atom. The third kappa shape index (κ3) is 4.77. The van der Waals surface area contributed by atoms with Crippen LogP contribution in [0.25, 0.3) is 0 Å². The Balaban J connectivity index is 1.54. The number of likely N-dealkylation sites (tertiary alicyclic amines) is 1. The van der Waals surface area contributed by atoms with Crippen LogP contribution in [0, 0.1) is 0 Å². The van der Waals surface area contributed by atoms with Crippen LogP contribution in [0.1, 0.15) is 33.1 Å². The fourth-order valence-corrected chi connectivity index (χ4v) is 4.00. The van der Waals surface area contributed by atoms with Crippen molar-refractivity contribution in [2.75, 3.05) is 26.3 Å². The first kappa shape index (κ1) is 20.9. The molecule has 1 aromatic rings. The number of ether oxygens (including phenoxy) is 2. The molecule has 0 unspecified atom stereocenters. The minimum atomic E-state index is -1.10. The second-order valence-corrected chi connectivity index (χ2v) is 8.29. The van der Waals surface area contributed by atoms with Crippen LogP contribution in [-0.2, 0) is 14.3 Å². The van der Waals surface area contributed by atoms with Crippen LogP contribution < -0.4 is 10.1 Å². The van der Waals surface area contributed by atoms with E-state index in [0.29, 0.717) is 43.1 Å². The average Bonchev–Trinajstić information content (AvgIpc) is 2.65. The van der Waals surface area contributed by atoms with E-state index in [1.54, 1.807) is 36.1 Å². The van der Waals surface area contributed by atoms with E-state index in [-0.39, 0.29) is 31.1 Å². The lowest BCUT2D eigenvalue weighted by Crippen LogP contribution is -2.64. The molecule has 0 bridgehead atoms. The number of halogens is 1. The molecular weight excluding hydrogens is 384 g/mol. The molecule has 2 fully saturated rings. The molecule has 1 aromatic carbocycles. The van der Waals surface area contributed by atoms with Gasteiger partial charge in [-0.2, -0.15) is 0 Å². The zero-order valence-corrected chi connectivity index (χ0v) is 17.0. The second-order valence-electron chi connectivity index (χ2n) is 7.89. The van der Waals surface area contributed by atoms with Gasteiger partial charge in [0.1, 0.15) is 11.4 Å². The van der Waals surface area contributed by atoms with Gasteiger partial charge in [0.05, 0.1) is 23.3 Å². The van der Waals surface area contributed by atoms with Crippen molar-refractivity contribution in [1.82, 2.24) is 10.2 Å². The van der Waals surface area contributed by atoms with Gasteiger partial charge in [-0.05, 0) is 38.3 Å². The average molecular weight is 411 g/mol. The number of para-hydroxylation sites is 1. The molecule has 2 heterocycles. The normalized spacial score (nSPS) is 26.7. The molecule has 2 aliphatic heterocycles. The van der Waals surface area contributed by atoms with Crippen molar-refractivity contribution in [3.05, 3.63) is 29.3 Å². The van der Waals surface area contributed by atoms with Gasteiger partial charge in [-0.15, -0.1) is 0 Å². The van der Waals surface area contributed by atoms with Gasteiger partial charge in [0.25, 0.3) is 5.91 Å². The molecule has 2 N–H and O–H groups in total. The summed E-state index contributed by atoms with van der Waals surface area (Å²) < 4.78 is 11.6. The molecule has 7 nitrogen and oxygen atoms in total. The van der Waals surface area contributed by atoms with E-state index in [2.05, 4.69) is 5.32 Å². The first-order chi connectivity index (χ1) is 13.2. The van der Waals surface area contributed by atoms with Gasteiger partial charge < -0.3 is 24.8 Å². The largest absolute Gasteiger partial charge is 0.482 e. The number of nitrogens with one attached hydrogen (secondary N) is 1. The maximum absolute atomic E-state index is 12.5. The van der Waals surface area contributed by atoms with Gasteiger partial charge in [-0.1, -0.05) is 23.7 Å². The smallest absolute Gasteiger partial charge is 0.260 e. The Labute approximate surface area is 169 Å². The molecule has 2 aliphatic rings. The Morgan fingerprint density at radius 3 is 2.68 bits per heavy atom. The van der Waals surface area contributed by atoms with Crippen LogP contribution in [0.4, 0.5) is 0 Å². The molecule has 154 valence electrons. The van der Waals surface area contributed by atoms with Crippen LogP contribution in [0.3, 0.4) is 0 Å². The van der Waals surface area contributed by atoms with Gasteiger partial charge in [-0.3, -0.25) is 9.59 Å². The molecule has 28 heavy (non-hydrogen) atoms. The van der Waals surface area contributed by atoms with E-state index in [0.717, 1.165) is 0 Å². The minimum absolute atomic E-state index is 0.0686. The quantitative estimate of drug-likeness (QED) is 0.789. The van der Waals surface area contributed by atoms with Crippen LogP contribution in [-0.4, -0.2) is 65.4 Å². The number of nitrogens with zero attached hydrogens (tertiary/aromatic N) is 1. The maximum Gasteiger partial charge on any atom is 0.260 e. The van der Waals surface area contributed by atoms with Crippen molar-refractivity contribution in [2.45, 2.75) is 50.4 Å². The van der Waals surface area contributed by atoms with Crippen molar-refractivity contribution in [3.8, 4) is 5.75 Å². The zero-order valence-electron chi connectivity index (χ0n) is 16.2. The first-order valence-electron chi connectivity index (χ1n) is 9.49. The summed E-state index contributed by atoms with van der Waals surface area (Å²) in [5.74, 6) is 0.213. The van der Waals surface area contributed by atoms with Crippen molar-refractivity contribution in [3.63, 3.8) is 0 Å². The Hall–Kier alpha value is -1.83. The summed E-state index contributed by atoms with van der Waals surface area (Å²) in [6.07, 6.45) is 1.83. The van der Waals surface area contributed by atoms with Gasteiger partial charge in [0.15, 0.2) is 6.61 Å². The molecule has 0 saturated carbocycles. The van der Waals surface area contributed by atoms with Gasteiger partial charge in [0.2, 0.25) is 5.91 Å². The first-order valence-corrected chi connectivity index (χ1v) is 9.87. The lowest BCUT2D eigenvalue weighted by atomic mass is 9.77. The van der Waals surface area contributed by atoms with E-state index in [1.165, 1.54) is 6.92 Å². The molecule has 8 heteroatoms. The predicted octanol–water partition coefficient (Wildman–Crippen LogP) is 1.76. The van der Waals surface area contributed by atoms with Crippen molar-refractivity contribution < 1.29 is 24.2 Å². The Kier molecular flexibility index (Phi) is 6.17. The SMILES string of the molecule is CC(=O)N[C@H]1CC2(CCN(C(=O)COc3ccccc3Cl)CC2)OC[C@]1(C)O. The van der Waals surface area contributed by atoms with Crippen molar-refractivity contribution in [1.29, 1.82) is 0 Å². The zero-order chi connectivity index (χ0) is 20.4. The molecule has 1 spiro atoms. The van der Waals surface area contributed by atoms with Crippen LogP contribution in [0.5, 0.6) is 5.75 Å². The monoisotopic (exact) mass is 410 g/mol. The minimum Gasteiger partial charge on any atom is -0.482 e. The topological polar surface area (TPSA) is 88.1 Å². The van der Waals surface area contributed by atoms with Gasteiger partial charge in [-0.25, -0.2) is 0 Å². The fraction of sp³-hybridized carbons (Fsp3) is 0.600. The lowest BCUT2D eigenvalue weighted by molar-refractivity contribution is -0.194. The molecular formula is C20H27ClN2O5. The summed E-state index contributed by atoms with van der Waals surface area (Å²) in [5.41, 5.74) is -1.54. The fourth-order valence-electron chi connectivity index (χ4n) is 3.81. The van der Waals surface area contributed by atoms with Crippen molar-refractivity contribution >= 4 is 23.4 Å². The van der Waals surface area contributed by atoms with E-state index in [4.69, 9.17) is 21.1 Å². The molecule has 0 aromatic heterocycles. The number of piperidine rings is 1. The molecule has 3 rings (SSSR count). The second kappa shape index (κ2) is 8.27. The lowest BCUT2D eigenvalue weighted by Gasteiger charge is -2.50. The standard InChI is InChI=1S/C20H27ClN2O5/c1-14(24)22-17-11-20(28-13-19(17,2)26)7-9-23(10-8-20)18(25)12-27-16-6-4-3-5-15(16)21/h3-6,17,26H,7-13H2,1-2H3,(H,22,24)/t17-,19-/m0/s1. The third-order valence-electron chi connectivity index (χ3n) is 5.59. The van der Waals surface area contributed by atoms with E-state index >= 15 is 0 Å². The van der Waals surface area contributed by atoms with Crippen molar-refractivity contribution in [2.24, 2.45) is 0 Å². The molecule has 2 atom stereocenters. The highest BCUT2D eigenvalue weighted by molar-refractivity contribution is 6.32. The number of carbonyl (C=O) groups excluding carboxylic acids is 2. The summed E-state index contributed by atoms with van der Waals surface area (Å²) in [4.78, 5) is 25.7. The third-order valence-corrected chi connectivity index (χ3v) is 5.90. The van der Waals surface area contributed by atoms with Crippen LogP contribution >= 0.6 is 11.6 Å². The predicted molar refractivity (Wildman–Crippen MR) is 104 cm³/mol. The van der Waals surface area contributed by atoms with Crippen LogP contribution in [0.2, 0.25) is 5.02 Å². The number of hydrogen-bond donors (Lipinski definition) is 2. The van der Waals surface area contributed by atoms with E-state index in [1.807, 2.05) is 0 Å². The number of hydrogen-bond acceptors (Lipinski definition) is 5. The van der Waals surface area contributed by atoms with Gasteiger partial charge in [0, 0.05) is 20.0 Å². The summed E-state index contributed by atoms with van der Waals surface area (Å²) in [5, 5.41) is 13.8. The van der Waals surface area contributed by atoms with E-state index in [9.17, 15) is 14.7 Å².